The van der Waals surface area contributed by atoms with E-state index >= 15 is 0 Å². The smallest absolute Gasteiger partial charge is 0.326 e. The van der Waals surface area contributed by atoms with Crippen molar-refractivity contribution in [3.8, 4) is 5.75 Å². The highest BCUT2D eigenvalue weighted by Crippen LogP contribution is 2.14. The number of carboxylic acids is 1. The molecule has 0 aliphatic rings. The highest BCUT2D eigenvalue weighted by molar-refractivity contribution is 5.84. The van der Waals surface area contributed by atoms with E-state index in [2.05, 4.69) is 5.32 Å². The van der Waals surface area contributed by atoms with Crippen molar-refractivity contribution in [2.24, 2.45) is 5.92 Å². The summed E-state index contributed by atoms with van der Waals surface area (Å²) in [5.41, 5.74) is 0.805. The number of amides is 1. The molecule has 5 nitrogen and oxygen atoms in total. The Morgan fingerprint density at radius 3 is 2.64 bits per heavy atom. The van der Waals surface area contributed by atoms with E-state index in [0.717, 1.165) is 17.7 Å². The van der Waals surface area contributed by atoms with Crippen molar-refractivity contribution in [1.82, 2.24) is 5.32 Å². The number of hydrogen-bond acceptors (Lipinski definition) is 3. The van der Waals surface area contributed by atoms with E-state index in [1.807, 2.05) is 45.0 Å². The van der Waals surface area contributed by atoms with Gasteiger partial charge in [0.05, 0.1) is 13.0 Å². The molecule has 1 rings (SSSR count). The van der Waals surface area contributed by atoms with Gasteiger partial charge < -0.3 is 15.2 Å². The molecule has 22 heavy (non-hydrogen) atoms. The van der Waals surface area contributed by atoms with Crippen LogP contribution < -0.4 is 10.1 Å². The third-order valence-electron chi connectivity index (χ3n) is 3.08. The van der Waals surface area contributed by atoms with E-state index in [9.17, 15) is 9.59 Å². The lowest BCUT2D eigenvalue weighted by Gasteiger charge is -2.16. The lowest BCUT2D eigenvalue weighted by Crippen LogP contribution is -2.42. The van der Waals surface area contributed by atoms with Crippen LogP contribution in [0.1, 0.15) is 39.2 Å². The zero-order chi connectivity index (χ0) is 16.5. The average molecular weight is 307 g/mol. The Kier molecular flexibility index (Phi) is 7.43. The van der Waals surface area contributed by atoms with Crippen molar-refractivity contribution < 1.29 is 19.4 Å². The molecule has 1 aromatic rings. The molecule has 1 amide bonds. The van der Waals surface area contributed by atoms with Crippen LogP contribution in [-0.2, 0) is 16.0 Å². The number of ether oxygens (including phenoxy) is 1. The Balaban J connectivity index is 2.61. The molecular weight excluding hydrogens is 282 g/mol. The van der Waals surface area contributed by atoms with Crippen LogP contribution in [0.2, 0.25) is 0 Å². The molecule has 5 heteroatoms. The molecule has 2 N–H and O–H groups in total. The number of aliphatic carboxylic acids is 1. The monoisotopic (exact) mass is 307 g/mol. The van der Waals surface area contributed by atoms with Crippen LogP contribution in [0.5, 0.6) is 5.75 Å². The Hall–Kier alpha value is -2.04. The fourth-order valence-electron chi connectivity index (χ4n) is 2.09. The Morgan fingerprint density at radius 2 is 2.05 bits per heavy atom. The quantitative estimate of drug-likeness (QED) is 0.735. The third-order valence-corrected chi connectivity index (χ3v) is 3.08. The summed E-state index contributed by atoms with van der Waals surface area (Å²) in [6, 6.07) is 6.48. The number of carboxylic acid groups (broad SMARTS) is 1. The zero-order valence-electron chi connectivity index (χ0n) is 13.5. The first-order chi connectivity index (χ1) is 10.4. The molecule has 0 aromatic heterocycles. The molecule has 0 fully saturated rings. The van der Waals surface area contributed by atoms with Gasteiger partial charge in [-0.1, -0.05) is 32.9 Å². The van der Waals surface area contributed by atoms with Gasteiger partial charge in [0.1, 0.15) is 11.8 Å². The zero-order valence-corrected chi connectivity index (χ0v) is 13.5. The summed E-state index contributed by atoms with van der Waals surface area (Å²) in [5, 5.41) is 11.7. The van der Waals surface area contributed by atoms with Crippen LogP contribution in [0.25, 0.3) is 0 Å². The minimum absolute atomic E-state index is 0.144. The molecule has 0 aliphatic carbocycles. The number of benzene rings is 1. The third kappa shape index (κ3) is 6.61. The van der Waals surface area contributed by atoms with Crippen molar-refractivity contribution in [3.63, 3.8) is 0 Å². The van der Waals surface area contributed by atoms with E-state index in [1.54, 1.807) is 0 Å². The normalized spacial score (nSPS) is 12.0. The van der Waals surface area contributed by atoms with Crippen molar-refractivity contribution >= 4 is 11.9 Å². The summed E-state index contributed by atoms with van der Waals surface area (Å²) >= 11 is 0. The molecule has 1 aromatic carbocycles. The van der Waals surface area contributed by atoms with Gasteiger partial charge in [-0.2, -0.15) is 0 Å². The van der Waals surface area contributed by atoms with E-state index < -0.39 is 12.0 Å². The van der Waals surface area contributed by atoms with Gasteiger partial charge in [0.2, 0.25) is 5.91 Å². The Labute approximate surface area is 131 Å². The second-order valence-corrected chi connectivity index (χ2v) is 5.76. The van der Waals surface area contributed by atoms with Gasteiger partial charge in [-0.3, -0.25) is 4.79 Å². The minimum atomic E-state index is -0.998. The molecule has 1 unspecified atom stereocenters. The molecule has 0 bridgehead atoms. The number of carbonyl (C=O) groups excluding carboxylic acids is 1. The van der Waals surface area contributed by atoms with E-state index in [4.69, 9.17) is 9.84 Å². The molecule has 0 spiro atoms. The second kappa shape index (κ2) is 9.07. The Morgan fingerprint density at radius 1 is 1.32 bits per heavy atom. The van der Waals surface area contributed by atoms with Crippen LogP contribution in [0.15, 0.2) is 24.3 Å². The van der Waals surface area contributed by atoms with Crippen LogP contribution in [0, 0.1) is 5.92 Å². The van der Waals surface area contributed by atoms with Crippen LogP contribution in [-0.4, -0.2) is 29.6 Å². The van der Waals surface area contributed by atoms with Gasteiger partial charge >= 0.3 is 5.97 Å². The summed E-state index contributed by atoms with van der Waals surface area (Å²) in [4.78, 5) is 23.2. The van der Waals surface area contributed by atoms with Crippen molar-refractivity contribution in [3.05, 3.63) is 29.8 Å². The van der Waals surface area contributed by atoms with Gasteiger partial charge in [0, 0.05) is 0 Å². The summed E-state index contributed by atoms with van der Waals surface area (Å²) in [5.74, 6) is -0.362. The van der Waals surface area contributed by atoms with Crippen molar-refractivity contribution in [2.75, 3.05) is 6.61 Å². The van der Waals surface area contributed by atoms with Gasteiger partial charge in [-0.05, 0) is 36.5 Å². The number of nitrogens with one attached hydrogen (secondary N) is 1. The molecule has 1 atom stereocenters. The summed E-state index contributed by atoms with van der Waals surface area (Å²) in [6.45, 7) is 6.51. The van der Waals surface area contributed by atoms with Gasteiger partial charge in [0.15, 0.2) is 0 Å². The predicted molar refractivity (Wildman–Crippen MR) is 85.0 cm³/mol. The lowest BCUT2D eigenvalue weighted by molar-refractivity contribution is -0.142. The molecule has 0 heterocycles. The van der Waals surface area contributed by atoms with Gasteiger partial charge in [-0.15, -0.1) is 0 Å². The van der Waals surface area contributed by atoms with E-state index in [0.29, 0.717) is 13.0 Å². The summed E-state index contributed by atoms with van der Waals surface area (Å²) in [6.07, 6.45) is 1.48. The molecule has 0 saturated heterocycles. The maximum Gasteiger partial charge on any atom is 0.326 e. The fourth-order valence-corrected chi connectivity index (χ4v) is 2.09. The maximum atomic E-state index is 12.0. The number of hydrogen-bond donors (Lipinski definition) is 2. The van der Waals surface area contributed by atoms with E-state index in [1.165, 1.54) is 0 Å². The van der Waals surface area contributed by atoms with Crippen LogP contribution in [0.3, 0.4) is 0 Å². The summed E-state index contributed by atoms with van der Waals surface area (Å²) < 4.78 is 5.52. The molecule has 0 saturated carbocycles. The SMILES string of the molecule is CCCOc1cccc(CC(=O)NC(CC(C)C)C(=O)O)c1. The van der Waals surface area contributed by atoms with Crippen LogP contribution >= 0.6 is 0 Å². The molecule has 0 radical (unpaired) electrons. The van der Waals surface area contributed by atoms with Gasteiger partial charge in [0.25, 0.3) is 0 Å². The van der Waals surface area contributed by atoms with E-state index in [-0.39, 0.29) is 18.2 Å². The first-order valence-corrected chi connectivity index (χ1v) is 7.66. The first kappa shape index (κ1) is 18.0. The molecular formula is C17H25NO4. The molecule has 122 valence electrons. The minimum Gasteiger partial charge on any atom is -0.494 e. The second-order valence-electron chi connectivity index (χ2n) is 5.76. The number of rotatable bonds is 9. The topological polar surface area (TPSA) is 75.6 Å². The number of carbonyl (C=O) groups is 2. The van der Waals surface area contributed by atoms with Gasteiger partial charge in [-0.25, -0.2) is 4.79 Å². The van der Waals surface area contributed by atoms with Crippen molar-refractivity contribution in [1.29, 1.82) is 0 Å². The summed E-state index contributed by atoms with van der Waals surface area (Å²) in [7, 11) is 0. The highest BCUT2D eigenvalue weighted by Gasteiger charge is 2.21. The lowest BCUT2D eigenvalue weighted by atomic mass is 10.0. The average Bonchev–Trinajstić information content (AvgIpc) is 2.44. The largest absolute Gasteiger partial charge is 0.494 e. The highest BCUT2D eigenvalue weighted by atomic mass is 16.5. The maximum absolute atomic E-state index is 12.0. The predicted octanol–water partition coefficient (Wildman–Crippen LogP) is 2.63. The van der Waals surface area contributed by atoms with Crippen molar-refractivity contribution in [2.45, 2.75) is 46.1 Å². The first-order valence-electron chi connectivity index (χ1n) is 7.66. The molecule has 0 aliphatic heterocycles. The fraction of sp³-hybridized carbons (Fsp3) is 0.529. The Bertz CT molecular complexity index is 499. The van der Waals surface area contributed by atoms with Crippen LogP contribution in [0.4, 0.5) is 0 Å². The standard InChI is InChI=1S/C17H25NO4/c1-4-8-22-14-7-5-6-13(10-14)11-16(19)18-15(17(20)21)9-12(2)3/h5-7,10,12,15H,4,8-9,11H2,1-3H3,(H,18,19)(H,20,21).